The van der Waals surface area contributed by atoms with Crippen molar-refractivity contribution in [2.45, 2.75) is 33.5 Å². The van der Waals surface area contributed by atoms with Gasteiger partial charge in [0.1, 0.15) is 43.7 Å². The molecule has 0 atom stereocenters. The van der Waals surface area contributed by atoms with E-state index >= 15 is 0 Å². The maximum atomic E-state index is 11.7. The summed E-state index contributed by atoms with van der Waals surface area (Å²) < 4.78 is 23.5. The first-order valence-corrected chi connectivity index (χ1v) is 13.2. The van der Waals surface area contributed by atoms with Gasteiger partial charge in [0.05, 0.1) is 10.6 Å². The summed E-state index contributed by atoms with van der Waals surface area (Å²) in [4.78, 5) is 27.4. The van der Waals surface area contributed by atoms with Gasteiger partial charge in [-0.05, 0) is 72.0 Å². The van der Waals surface area contributed by atoms with Crippen molar-refractivity contribution in [2.24, 2.45) is 0 Å². The van der Waals surface area contributed by atoms with Gasteiger partial charge in [-0.15, -0.1) is 0 Å². The predicted molar refractivity (Wildman–Crippen MR) is 152 cm³/mol. The van der Waals surface area contributed by atoms with Gasteiger partial charge < -0.3 is 18.9 Å². The number of nitrogens with zero attached hydrogens (tertiary/aromatic N) is 1. The van der Waals surface area contributed by atoms with E-state index in [1.54, 1.807) is 18.3 Å². The largest absolute Gasteiger partial charge is 0.488 e. The molecule has 204 valence electrons. The van der Waals surface area contributed by atoms with E-state index < -0.39 is 0 Å². The number of ketones is 1. The molecule has 1 aliphatic heterocycles. The lowest BCUT2D eigenvalue weighted by Gasteiger charge is -2.20. The number of Topliss-reactive ketones (excluding diaryl/α,β-unsaturated/α-hetero) is 1. The number of hydrogen-bond acceptors (Lipinski definition) is 7. The van der Waals surface area contributed by atoms with Gasteiger partial charge >= 0.3 is 0 Å². The topological polar surface area (TPSA) is 84.0 Å². The van der Waals surface area contributed by atoms with Crippen LogP contribution in [0.2, 0.25) is 5.02 Å². The average Bonchev–Trinajstić information content (AvgIpc) is 2.96. The zero-order valence-electron chi connectivity index (χ0n) is 22.2. The molecule has 0 aliphatic carbocycles. The summed E-state index contributed by atoms with van der Waals surface area (Å²) >= 11 is 6.46. The van der Waals surface area contributed by atoms with E-state index in [4.69, 9.17) is 30.5 Å². The summed E-state index contributed by atoms with van der Waals surface area (Å²) in [5, 5.41) is 0.308. The van der Waals surface area contributed by atoms with Gasteiger partial charge in [0, 0.05) is 24.4 Å². The highest BCUT2D eigenvalue weighted by Gasteiger charge is 2.16. The lowest BCUT2D eigenvalue weighted by molar-refractivity contribution is -0.116. The number of fused-ring (bicyclic) bond motifs is 1. The van der Waals surface area contributed by atoms with Crippen LogP contribution in [-0.4, -0.2) is 30.3 Å². The molecule has 0 bridgehead atoms. The number of benzene rings is 3. The number of halogens is 1. The van der Waals surface area contributed by atoms with E-state index in [2.05, 4.69) is 11.1 Å². The molecule has 1 aromatic heterocycles. The molecule has 0 saturated carbocycles. The fourth-order valence-corrected chi connectivity index (χ4v) is 4.75. The average molecular weight is 558 g/mol. The zero-order valence-corrected chi connectivity index (χ0v) is 23.0. The van der Waals surface area contributed by atoms with Crippen molar-refractivity contribution in [1.29, 1.82) is 0 Å². The number of pyridine rings is 1. The zero-order chi connectivity index (χ0) is 28.1. The van der Waals surface area contributed by atoms with Crippen LogP contribution in [0.1, 0.15) is 39.7 Å². The SMILES string of the molecule is CC(=O)Cc1cc(COc2cc(OCc3cccc(-c4ccc5c(c4)OCCO5)c3C)c(Cl)cc2C=O)ccn1. The molecule has 3 aromatic carbocycles. The molecule has 1 aliphatic rings. The second kappa shape index (κ2) is 12.2. The Balaban J connectivity index is 1.32. The monoisotopic (exact) mass is 557 g/mol. The van der Waals surface area contributed by atoms with Crippen molar-refractivity contribution >= 4 is 23.7 Å². The lowest BCUT2D eigenvalue weighted by Crippen LogP contribution is -2.15. The summed E-state index contributed by atoms with van der Waals surface area (Å²) in [6.07, 6.45) is 2.58. The van der Waals surface area contributed by atoms with E-state index in [1.165, 1.54) is 13.0 Å². The van der Waals surface area contributed by atoms with Crippen molar-refractivity contribution in [2.75, 3.05) is 13.2 Å². The quantitative estimate of drug-likeness (QED) is 0.203. The molecule has 0 saturated heterocycles. The maximum Gasteiger partial charge on any atom is 0.161 e. The van der Waals surface area contributed by atoms with E-state index in [1.807, 2.05) is 43.3 Å². The molecule has 0 fully saturated rings. The summed E-state index contributed by atoms with van der Waals surface area (Å²) in [6, 6.07) is 18.8. The highest BCUT2D eigenvalue weighted by atomic mass is 35.5. The minimum absolute atomic E-state index is 0.0281. The highest BCUT2D eigenvalue weighted by Crippen LogP contribution is 2.37. The van der Waals surface area contributed by atoms with Gasteiger partial charge in [0.2, 0.25) is 0 Å². The number of aromatic nitrogens is 1. The Hall–Kier alpha value is -4.36. The number of ether oxygens (including phenoxy) is 4. The van der Waals surface area contributed by atoms with Crippen molar-refractivity contribution in [3.05, 3.63) is 99.8 Å². The second-order valence-corrected chi connectivity index (χ2v) is 9.91. The van der Waals surface area contributed by atoms with Crippen LogP contribution in [0.5, 0.6) is 23.0 Å². The van der Waals surface area contributed by atoms with Crippen molar-refractivity contribution in [1.82, 2.24) is 4.98 Å². The van der Waals surface area contributed by atoms with Crippen LogP contribution in [0.4, 0.5) is 0 Å². The van der Waals surface area contributed by atoms with Crippen molar-refractivity contribution in [3.8, 4) is 34.1 Å². The number of carbonyl (C=O) groups is 2. The minimum Gasteiger partial charge on any atom is -0.488 e. The third-order valence-corrected chi connectivity index (χ3v) is 6.87. The number of aldehydes is 1. The molecule has 4 aromatic rings. The number of rotatable bonds is 10. The summed E-state index contributed by atoms with van der Waals surface area (Å²) in [5.74, 6) is 2.26. The normalized spacial score (nSPS) is 12.1. The minimum atomic E-state index is 0.0281. The van der Waals surface area contributed by atoms with E-state index in [0.29, 0.717) is 47.3 Å². The molecule has 0 amide bonds. The molecular weight excluding hydrogens is 530 g/mol. The molecule has 40 heavy (non-hydrogen) atoms. The number of carbonyl (C=O) groups excluding carboxylic acids is 2. The third kappa shape index (κ3) is 6.26. The van der Waals surface area contributed by atoms with Crippen LogP contribution in [0.3, 0.4) is 0 Å². The first-order chi connectivity index (χ1) is 19.4. The Bertz CT molecular complexity index is 1570. The number of hydrogen-bond donors (Lipinski definition) is 0. The Kier molecular flexibility index (Phi) is 8.31. The molecule has 8 heteroatoms. The van der Waals surface area contributed by atoms with Gasteiger partial charge in [-0.25, -0.2) is 0 Å². The van der Waals surface area contributed by atoms with Gasteiger partial charge in [-0.3, -0.25) is 14.6 Å². The molecular formula is C32H28ClNO6. The van der Waals surface area contributed by atoms with Gasteiger partial charge in [-0.2, -0.15) is 0 Å². The van der Waals surface area contributed by atoms with Crippen LogP contribution in [-0.2, 0) is 24.4 Å². The van der Waals surface area contributed by atoms with Crippen LogP contribution in [0.25, 0.3) is 11.1 Å². The fraction of sp³-hybridized carbons (Fsp3) is 0.219. The summed E-state index contributed by atoms with van der Waals surface area (Å²) in [6.45, 7) is 5.10. The standard InChI is InChI=1S/C32H28ClNO6/c1-20(36)12-26-13-22(8-9-34-26)18-39-30-16-31(28(33)14-25(30)17-35)40-19-24-4-3-5-27(21(24)2)23-6-7-29-32(15-23)38-11-10-37-29/h3-9,13-17H,10-12,18-19H2,1-2H3. The first kappa shape index (κ1) is 27.2. The molecule has 0 spiro atoms. The van der Waals surface area contributed by atoms with E-state index in [9.17, 15) is 9.59 Å². The molecule has 0 unspecified atom stereocenters. The fourth-order valence-electron chi connectivity index (χ4n) is 4.53. The van der Waals surface area contributed by atoms with Crippen LogP contribution in [0.15, 0.2) is 66.9 Å². The maximum absolute atomic E-state index is 11.7. The Morgan fingerprint density at radius 1 is 0.975 bits per heavy atom. The van der Waals surface area contributed by atoms with Gasteiger partial charge in [-0.1, -0.05) is 35.9 Å². The highest BCUT2D eigenvalue weighted by molar-refractivity contribution is 6.32. The molecule has 7 nitrogen and oxygen atoms in total. The summed E-state index contributed by atoms with van der Waals surface area (Å²) in [5.41, 5.74) is 5.94. The van der Waals surface area contributed by atoms with Crippen LogP contribution >= 0.6 is 11.6 Å². The van der Waals surface area contributed by atoms with Gasteiger partial charge in [0.25, 0.3) is 0 Å². The first-order valence-electron chi connectivity index (χ1n) is 12.9. The van der Waals surface area contributed by atoms with Crippen LogP contribution in [0, 0.1) is 6.92 Å². The molecule has 0 N–H and O–H groups in total. The Morgan fingerprint density at radius 2 is 1.77 bits per heavy atom. The van der Waals surface area contributed by atoms with Crippen molar-refractivity contribution in [3.63, 3.8) is 0 Å². The molecule has 5 rings (SSSR count). The Labute approximate surface area is 237 Å². The predicted octanol–water partition coefficient (Wildman–Crippen LogP) is 6.58. The third-order valence-electron chi connectivity index (χ3n) is 6.58. The van der Waals surface area contributed by atoms with E-state index in [-0.39, 0.29) is 25.4 Å². The van der Waals surface area contributed by atoms with Crippen molar-refractivity contribution < 1.29 is 28.5 Å². The summed E-state index contributed by atoms with van der Waals surface area (Å²) in [7, 11) is 0. The lowest BCUT2D eigenvalue weighted by atomic mass is 9.96. The molecule has 0 radical (unpaired) electrons. The van der Waals surface area contributed by atoms with E-state index in [0.717, 1.165) is 39.3 Å². The van der Waals surface area contributed by atoms with Gasteiger partial charge in [0.15, 0.2) is 17.8 Å². The van der Waals surface area contributed by atoms with Crippen LogP contribution < -0.4 is 18.9 Å². The molecule has 2 heterocycles. The second-order valence-electron chi connectivity index (χ2n) is 9.50. The Morgan fingerprint density at radius 3 is 2.58 bits per heavy atom. The smallest absolute Gasteiger partial charge is 0.161 e.